The van der Waals surface area contributed by atoms with E-state index in [1.165, 1.54) is 31.3 Å². The second-order valence-corrected chi connectivity index (χ2v) is 8.33. The largest absolute Gasteiger partial charge is 0.386 e. The molecule has 1 nitrogen and oxygen atoms in total. The number of aliphatic hydroxyl groups is 1. The number of hydrogen-bond donors (Lipinski definition) is 1. The third-order valence-electron chi connectivity index (χ3n) is 6.85. The molecule has 0 spiro atoms. The van der Waals surface area contributed by atoms with Crippen molar-refractivity contribution < 1.29 is 5.11 Å². The lowest BCUT2D eigenvalue weighted by atomic mass is 9.57. The average molecular weight is 284 g/mol. The van der Waals surface area contributed by atoms with E-state index in [2.05, 4.69) is 26.0 Å². The average Bonchev–Trinajstić information content (AvgIpc) is 2.81. The van der Waals surface area contributed by atoms with Crippen LogP contribution in [0.1, 0.15) is 65.7 Å². The van der Waals surface area contributed by atoms with E-state index in [0.29, 0.717) is 0 Å². The molecule has 21 heavy (non-hydrogen) atoms. The van der Waals surface area contributed by atoms with Crippen molar-refractivity contribution in [3.63, 3.8) is 0 Å². The maximum atomic E-state index is 10.4. The molecule has 1 N–H and O–H groups in total. The van der Waals surface area contributed by atoms with Gasteiger partial charge in [-0.2, -0.15) is 0 Å². The van der Waals surface area contributed by atoms with Gasteiger partial charge in [-0.25, -0.2) is 0 Å². The summed E-state index contributed by atoms with van der Waals surface area (Å²) >= 11 is 0. The highest BCUT2D eigenvalue weighted by Gasteiger charge is 2.46. The lowest BCUT2D eigenvalue weighted by Gasteiger charge is -2.49. The highest BCUT2D eigenvalue weighted by Crippen LogP contribution is 2.58. The zero-order valence-electron chi connectivity index (χ0n) is 13.7. The van der Waals surface area contributed by atoms with Gasteiger partial charge in [0.2, 0.25) is 0 Å². The van der Waals surface area contributed by atoms with Gasteiger partial charge in [0.15, 0.2) is 0 Å². The Labute approximate surface area is 128 Å². The van der Waals surface area contributed by atoms with E-state index in [1.54, 1.807) is 16.7 Å². The molecule has 0 aromatic carbocycles. The highest BCUT2D eigenvalue weighted by molar-refractivity contribution is 5.51. The van der Waals surface area contributed by atoms with Crippen molar-refractivity contribution in [2.75, 3.05) is 0 Å². The minimum Gasteiger partial charge on any atom is -0.386 e. The van der Waals surface area contributed by atoms with Gasteiger partial charge in [-0.05, 0) is 74.9 Å². The van der Waals surface area contributed by atoms with E-state index in [1.807, 2.05) is 6.92 Å². The molecule has 114 valence electrons. The first-order valence-electron chi connectivity index (χ1n) is 8.78. The minimum absolute atomic E-state index is 0.244. The normalized spacial score (nSPS) is 45.5. The van der Waals surface area contributed by atoms with Crippen LogP contribution < -0.4 is 0 Å². The predicted molar refractivity (Wildman–Crippen MR) is 86.9 cm³/mol. The maximum Gasteiger partial charge on any atom is 0.0803 e. The Balaban J connectivity index is 1.79. The summed E-state index contributed by atoms with van der Waals surface area (Å²) in [6.07, 6.45) is 13.1. The second kappa shape index (κ2) is 4.35. The Morgan fingerprint density at radius 1 is 1.14 bits per heavy atom. The first-order chi connectivity index (χ1) is 9.91. The van der Waals surface area contributed by atoms with Gasteiger partial charge in [0.1, 0.15) is 0 Å². The van der Waals surface area contributed by atoms with Crippen molar-refractivity contribution >= 4 is 0 Å². The van der Waals surface area contributed by atoms with Gasteiger partial charge in [0.25, 0.3) is 0 Å². The Bertz CT molecular complexity index is 575. The van der Waals surface area contributed by atoms with Crippen LogP contribution in [0, 0.1) is 17.3 Å². The van der Waals surface area contributed by atoms with Crippen molar-refractivity contribution in [2.24, 2.45) is 17.3 Å². The van der Waals surface area contributed by atoms with E-state index in [9.17, 15) is 5.11 Å². The van der Waals surface area contributed by atoms with Crippen molar-refractivity contribution in [1.29, 1.82) is 0 Å². The van der Waals surface area contributed by atoms with Gasteiger partial charge in [-0.3, -0.25) is 0 Å². The maximum absolute atomic E-state index is 10.4. The number of rotatable bonds is 0. The van der Waals surface area contributed by atoms with E-state index < -0.39 is 5.60 Å². The van der Waals surface area contributed by atoms with E-state index in [0.717, 1.165) is 31.1 Å². The van der Waals surface area contributed by atoms with Crippen LogP contribution >= 0.6 is 0 Å². The molecule has 0 heterocycles. The molecular weight excluding hydrogens is 256 g/mol. The highest BCUT2D eigenvalue weighted by atomic mass is 16.3. The molecular formula is C20H28O. The fourth-order valence-electron chi connectivity index (χ4n) is 5.47. The third kappa shape index (κ3) is 1.93. The second-order valence-electron chi connectivity index (χ2n) is 8.33. The Kier molecular flexibility index (Phi) is 2.86. The van der Waals surface area contributed by atoms with Crippen LogP contribution in [0.2, 0.25) is 0 Å². The molecule has 0 aliphatic heterocycles. The van der Waals surface area contributed by atoms with Crippen molar-refractivity contribution in [1.82, 2.24) is 0 Å². The summed E-state index contributed by atoms with van der Waals surface area (Å²) in [5, 5.41) is 10.4. The minimum atomic E-state index is -0.578. The summed E-state index contributed by atoms with van der Waals surface area (Å²) < 4.78 is 0. The Morgan fingerprint density at radius 2 is 1.95 bits per heavy atom. The predicted octanol–water partition coefficient (Wildman–Crippen LogP) is 4.93. The van der Waals surface area contributed by atoms with Gasteiger partial charge < -0.3 is 5.11 Å². The monoisotopic (exact) mass is 284 g/mol. The molecule has 4 rings (SSSR count). The SMILES string of the molecule is CC1CC=C2C3=C(CCC21)C1(C)CCC(C)(O)C=C1CC3. The summed E-state index contributed by atoms with van der Waals surface area (Å²) in [4.78, 5) is 0. The summed E-state index contributed by atoms with van der Waals surface area (Å²) in [5.41, 5.74) is 6.34. The first-order valence-corrected chi connectivity index (χ1v) is 8.78. The molecule has 0 aromatic rings. The van der Waals surface area contributed by atoms with Crippen LogP contribution in [0.15, 0.2) is 34.4 Å². The summed E-state index contributed by atoms with van der Waals surface area (Å²) in [6, 6.07) is 0. The van der Waals surface area contributed by atoms with Gasteiger partial charge in [-0.15, -0.1) is 0 Å². The fourth-order valence-corrected chi connectivity index (χ4v) is 5.47. The van der Waals surface area contributed by atoms with Crippen LogP contribution in [0.3, 0.4) is 0 Å². The molecule has 0 fully saturated rings. The zero-order chi connectivity index (χ0) is 14.8. The molecule has 0 radical (unpaired) electrons. The third-order valence-corrected chi connectivity index (χ3v) is 6.85. The lowest BCUT2D eigenvalue weighted by Crippen LogP contribution is -2.39. The molecule has 0 saturated heterocycles. The molecule has 4 aliphatic rings. The van der Waals surface area contributed by atoms with E-state index in [4.69, 9.17) is 0 Å². The van der Waals surface area contributed by atoms with Crippen LogP contribution in [-0.4, -0.2) is 10.7 Å². The van der Waals surface area contributed by atoms with Gasteiger partial charge >= 0.3 is 0 Å². The number of fused-ring (bicyclic) bond motifs is 4. The molecule has 0 saturated carbocycles. The molecule has 0 amide bonds. The number of allylic oxidation sites excluding steroid dienone is 5. The van der Waals surface area contributed by atoms with Crippen molar-refractivity contribution in [3.05, 3.63) is 34.4 Å². The molecule has 0 aromatic heterocycles. The van der Waals surface area contributed by atoms with Gasteiger partial charge in [0.05, 0.1) is 5.60 Å². The van der Waals surface area contributed by atoms with Crippen LogP contribution in [0.4, 0.5) is 0 Å². The van der Waals surface area contributed by atoms with Crippen LogP contribution in [0.5, 0.6) is 0 Å². The van der Waals surface area contributed by atoms with E-state index >= 15 is 0 Å². The topological polar surface area (TPSA) is 20.2 Å². The zero-order valence-corrected chi connectivity index (χ0v) is 13.7. The Hall–Kier alpha value is -0.820. The van der Waals surface area contributed by atoms with Gasteiger partial charge in [-0.1, -0.05) is 37.1 Å². The van der Waals surface area contributed by atoms with Crippen LogP contribution in [-0.2, 0) is 0 Å². The quantitative estimate of drug-likeness (QED) is 0.625. The number of hydrogen-bond acceptors (Lipinski definition) is 1. The molecule has 4 atom stereocenters. The summed E-state index contributed by atoms with van der Waals surface area (Å²) in [7, 11) is 0. The Morgan fingerprint density at radius 3 is 2.76 bits per heavy atom. The lowest BCUT2D eigenvalue weighted by molar-refractivity contribution is 0.0747. The molecule has 4 unspecified atom stereocenters. The van der Waals surface area contributed by atoms with Crippen molar-refractivity contribution in [2.45, 2.75) is 71.3 Å². The van der Waals surface area contributed by atoms with Gasteiger partial charge in [0, 0.05) is 5.41 Å². The van der Waals surface area contributed by atoms with E-state index in [-0.39, 0.29) is 5.41 Å². The van der Waals surface area contributed by atoms with Crippen molar-refractivity contribution in [3.8, 4) is 0 Å². The molecule has 0 bridgehead atoms. The molecule has 1 heteroatoms. The van der Waals surface area contributed by atoms with Crippen LogP contribution in [0.25, 0.3) is 0 Å². The summed E-state index contributed by atoms with van der Waals surface area (Å²) in [5.74, 6) is 1.69. The fraction of sp³-hybridized carbons (Fsp3) is 0.700. The molecule has 4 aliphatic carbocycles. The first kappa shape index (κ1) is 13.8. The summed E-state index contributed by atoms with van der Waals surface area (Å²) in [6.45, 7) is 6.84. The standard InChI is InChI=1S/C20H28O/c1-13-4-6-16-15(13)8-9-18-17(16)7-5-14-12-19(2,21)10-11-20(14,18)3/h6,12-13,15,21H,4-5,7-11H2,1-3H3. The smallest absolute Gasteiger partial charge is 0.0803 e.